The summed E-state index contributed by atoms with van der Waals surface area (Å²) >= 11 is 0. The molecule has 0 bridgehead atoms. The summed E-state index contributed by atoms with van der Waals surface area (Å²) in [7, 11) is 0. The van der Waals surface area contributed by atoms with Crippen LogP contribution in [0.1, 0.15) is 45.2 Å². The van der Waals surface area contributed by atoms with Crippen LogP contribution in [0.25, 0.3) is 5.65 Å². The van der Waals surface area contributed by atoms with Crippen LogP contribution in [0.5, 0.6) is 0 Å². The molecule has 5 heteroatoms. The van der Waals surface area contributed by atoms with Gasteiger partial charge in [0, 0.05) is 19.3 Å². The minimum Gasteiger partial charge on any atom is -0.365 e. The van der Waals surface area contributed by atoms with Gasteiger partial charge < -0.3 is 9.64 Å². The molecular formula is C18H22N4O. The fourth-order valence-electron chi connectivity index (χ4n) is 4.25. The van der Waals surface area contributed by atoms with Gasteiger partial charge in [-0.05, 0) is 38.8 Å². The van der Waals surface area contributed by atoms with E-state index in [1.54, 1.807) is 0 Å². The molecule has 2 aromatic rings. The first-order valence-corrected chi connectivity index (χ1v) is 8.34. The second-order valence-corrected chi connectivity index (χ2v) is 7.43. The Bertz CT molecular complexity index is 780. The molecule has 0 amide bonds. The number of aromatic nitrogens is 2. The largest absolute Gasteiger partial charge is 0.365 e. The fourth-order valence-corrected chi connectivity index (χ4v) is 4.25. The molecule has 0 atom stereocenters. The predicted molar refractivity (Wildman–Crippen MR) is 88.5 cm³/mol. The number of anilines is 1. The van der Waals surface area contributed by atoms with Gasteiger partial charge in [-0.15, -0.1) is 0 Å². The summed E-state index contributed by atoms with van der Waals surface area (Å²) in [6.07, 6.45) is 6.55. The number of hydrogen-bond acceptors (Lipinski definition) is 4. The van der Waals surface area contributed by atoms with E-state index in [1.807, 2.05) is 28.8 Å². The Balaban J connectivity index is 1.79. The van der Waals surface area contributed by atoms with Crippen LogP contribution in [0.15, 0.2) is 24.4 Å². The van der Waals surface area contributed by atoms with Gasteiger partial charge in [-0.1, -0.05) is 18.9 Å². The molecule has 0 unspecified atom stereocenters. The molecule has 4 rings (SSSR count). The lowest BCUT2D eigenvalue weighted by Gasteiger charge is -2.49. The summed E-state index contributed by atoms with van der Waals surface area (Å²) in [6, 6.07) is 8.17. The number of fused-ring (bicyclic) bond motifs is 1. The number of pyridine rings is 1. The smallest absolute Gasteiger partial charge is 0.169 e. The van der Waals surface area contributed by atoms with Gasteiger partial charge in [0.1, 0.15) is 11.7 Å². The van der Waals surface area contributed by atoms with E-state index in [9.17, 15) is 5.26 Å². The second-order valence-electron chi connectivity index (χ2n) is 7.43. The lowest BCUT2D eigenvalue weighted by molar-refractivity contribution is -0.148. The van der Waals surface area contributed by atoms with E-state index in [-0.39, 0.29) is 11.2 Å². The van der Waals surface area contributed by atoms with Crippen molar-refractivity contribution in [2.75, 3.05) is 18.0 Å². The van der Waals surface area contributed by atoms with Crippen molar-refractivity contribution in [3.63, 3.8) is 0 Å². The van der Waals surface area contributed by atoms with E-state index in [1.165, 1.54) is 12.8 Å². The maximum Gasteiger partial charge on any atom is 0.169 e. The molecule has 120 valence electrons. The van der Waals surface area contributed by atoms with Crippen LogP contribution in [-0.4, -0.2) is 33.7 Å². The molecule has 5 nitrogen and oxygen atoms in total. The van der Waals surface area contributed by atoms with Crippen LogP contribution in [-0.2, 0) is 4.74 Å². The number of imidazole rings is 1. The van der Waals surface area contributed by atoms with Gasteiger partial charge >= 0.3 is 0 Å². The first-order valence-electron chi connectivity index (χ1n) is 8.34. The molecule has 1 spiro atoms. The van der Waals surface area contributed by atoms with Crippen molar-refractivity contribution in [3.05, 3.63) is 30.1 Å². The zero-order valence-corrected chi connectivity index (χ0v) is 13.7. The molecule has 0 aromatic carbocycles. The van der Waals surface area contributed by atoms with Crippen molar-refractivity contribution in [1.29, 1.82) is 5.26 Å². The highest BCUT2D eigenvalue weighted by Crippen LogP contribution is 2.42. The SMILES string of the molecule is CC1(C)CN(c2nc3ccccn3c2C#N)CC2(CCCC2)O1. The third-order valence-corrected chi connectivity index (χ3v) is 4.98. The minimum absolute atomic E-state index is 0.0791. The summed E-state index contributed by atoms with van der Waals surface area (Å²) in [4.78, 5) is 7.00. The van der Waals surface area contributed by atoms with Gasteiger partial charge in [-0.3, -0.25) is 4.40 Å². The Labute approximate surface area is 136 Å². The van der Waals surface area contributed by atoms with E-state index >= 15 is 0 Å². The quantitative estimate of drug-likeness (QED) is 0.812. The van der Waals surface area contributed by atoms with E-state index in [0.717, 1.165) is 37.4 Å². The molecule has 1 aliphatic heterocycles. The molecule has 0 N–H and O–H groups in total. The third-order valence-electron chi connectivity index (χ3n) is 4.98. The number of ether oxygens (including phenoxy) is 1. The summed E-state index contributed by atoms with van der Waals surface area (Å²) in [5, 5.41) is 9.65. The Morgan fingerprint density at radius 2 is 2.00 bits per heavy atom. The third kappa shape index (κ3) is 2.38. The molecule has 3 heterocycles. The van der Waals surface area contributed by atoms with Crippen molar-refractivity contribution in [2.24, 2.45) is 0 Å². The van der Waals surface area contributed by atoms with Gasteiger partial charge in [-0.25, -0.2) is 4.98 Å². The van der Waals surface area contributed by atoms with Crippen LogP contribution in [0.3, 0.4) is 0 Å². The number of hydrogen-bond donors (Lipinski definition) is 0. The van der Waals surface area contributed by atoms with Gasteiger partial charge in [0.2, 0.25) is 0 Å². The first kappa shape index (κ1) is 14.5. The number of nitriles is 1. The summed E-state index contributed by atoms with van der Waals surface area (Å²) in [5.41, 5.74) is 1.13. The molecule has 2 aromatic heterocycles. The van der Waals surface area contributed by atoms with Crippen molar-refractivity contribution < 1.29 is 4.74 Å². The molecule has 23 heavy (non-hydrogen) atoms. The monoisotopic (exact) mass is 310 g/mol. The number of morpholine rings is 1. The molecule has 0 radical (unpaired) electrons. The van der Waals surface area contributed by atoms with Gasteiger partial charge in [0.15, 0.2) is 11.5 Å². The highest BCUT2D eigenvalue weighted by atomic mass is 16.5. The van der Waals surface area contributed by atoms with Crippen molar-refractivity contribution >= 4 is 11.5 Å². The van der Waals surface area contributed by atoms with Crippen LogP contribution in [0.4, 0.5) is 5.82 Å². The van der Waals surface area contributed by atoms with Gasteiger partial charge in [0.05, 0.1) is 11.2 Å². The zero-order valence-electron chi connectivity index (χ0n) is 13.7. The molecular weight excluding hydrogens is 288 g/mol. The summed E-state index contributed by atoms with van der Waals surface area (Å²) in [6.45, 7) is 5.87. The van der Waals surface area contributed by atoms with Crippen LogP contribution >= 0.6 is 0 Å². The Hall–Kier alpha value is -2.06. The van der Waals surface area contributed by atoms with Crippen LogP contribution in [0.2, 0.25) is 0 Å². The van der Waals surface area contributed by atoms with Crippen molar-refractivity contribution in [1.82, 2.24) is 9.38 Å². The summed E-state index contributed by atoms with van der Waals surface area (Å²) in [5.74, 6) is 0.793. The molecule has 1 saturated carbocycles. The highest BCUT2D eigenvalue weighted by Gasteiger charge is 2.46. The van der Waals surface area contributed by atoms with Crippen molar-refractivity contribution in [2.45, 2.75) is 50.7 Å². The lowest BCUT2D eigenvalue weighted by Crippen LogP contribution is -2.59. The molecule has 2 fully saturated rings. The maximum atomic E-state index is 9.65. The highest BCUT2D eigenvalue weighted by molar-refractivity contribution is 5.61. The number of nitrogens with zero attached hydrogens (tertiary/aromatic N) is 4. The summed E-state index contributed by atoms with van der Waals surface area (Å²) < 4.78 is 8.34. The van der Waals surface area contributed by atoms with E-state index in [2.05, 4.69) is 24.8 Å². The Morgan fingerprint density at radius 1 is 1.22 bits per heavy atom. The van der Waals surface area contributed by atoms with E-state index in [4.69, 9.17) is 9.72 Å². The minimum atomic E-state index is -0.231. The molecule has 2 aliphatic rings. The van der Waals surface area contributed by atoms with Crippen molar-refractivity contribution in [3.8, 4) is 6.07 Å². The standard InChI is InChI=1S/C18H22N4O/c1-17(2)12-21(13-18(23-17)8-4-5-9-18)16-14(11-19)22-10-6-3-7-15(22)20-16/h3,6-7,10H,4-5,8-9,12-13H2,1-2H3. The average molecular weight is 310 g/mol. The zero-order chi connectivity index (χ0) is 16.1. The van der Waals surface area contributed by atoms with Crippen LogP contribution in [0, 0.1) is 11.3 Å². The second kappa shape index (κ2) is 4.97. The normalized spacial score (nSPS) is 22.6. The van der Waals surface area contributed by atoms with Crippen LogP contribution < -0.4 is 4.90 Å². The Morgan fingerprint density at radius 3 is 2.74 bits per heavy atom. The van der Waals surface area contributed by atoms with Gasteiger partial charge in [0.25, 0.3) is 0 Å². The van der Waals surface area contributed by atoms with E-state index in [0.29, 0.717) is 5.69 Å². The topological polar surface area (TPSA) is 53.6 Å². The van der Waals surface area contributed by atoms with E-state index < -0.39 is 0 Å². The average Bonchev–Trinajstić information content (AvgIpc) is 3.09. The fraction of sp³-hybridized carbons (Fsp3) is 0.556. The predicted octanol–water partition coefficient (Wildman–Crippen LogP) is 3.13. The first-order chi connectivity index (χ1) is 11.0. The lowest BCUT2D eigenvalue weighted by atomic mass is 9.94. The Kier molecular flexibility index (Phi) is 3.14. The molecule has 1 saturated heterocycles. The number of rotatable bonds is 1. The van der Waals surface area contributed by atoms with Gasteiger partial charge in [-0.2, -0.15) is 5.26 Å². The molecule has 1 aliphatic carbocycles. The maximum absolute atomic E-state index is 9.65.